The summed E-state index contributed by atoms with van der Waals surface area (Å²) in [5.74, 6) is 1.74. The summed E-state index contributed by atoms with van der Waals surface area (Å²) in [7, 11) is -2.25. The van der Waals surface area contributed by atoms with E-state index in [-0.39, 0.29) is 4.90 Å². The molecule has 0 amide bonds. The van der Waals surface area contributed by atoms with Crippen LogP contribution in [0.25, 0.3) is 28.3 Å². The van der Waals surface area contributed by atoms with Gasteiger partial charge in [0.15, 0.2) is 0 Å². The van der Waals surface area contributed by atoms with Crippen molar-refractivity contribution in [2.75, 3.05) is 6.61 Å². The minimum Gasteiger partial charge on any atom is -0.744 e. The first-order valence-corrected chi connectivity index (χ1v) is 12.5. The summed E-state index contributed by atoms with van der Waals surface area (Å²) in [6, 6.07) is 22.4. The van der Waals surface area contributed by atoms with Gasteiger partial charge in [-0.05, 0) is 43.2 Å². The van der Waals surface area contributed by atoms with Crippen LogP contribution in [0.15, 0.2) is 87.9 Å². The van der Waals surface area contributed by atoms with E-state index >= 15 is 0 Å². The SMILES string of the molecule is CCO/C(=C\c1oc2ccc(-c3ccccc3)cc2[n+]1C)CC.Cc1ccc(S(=O)(=O)[O-])cc1. The lowest BCUT2D eigenvalue weighted by Gasteiger charge is -2.05. The number of nitrogens with zero attached hydrogens (tertiary/aromatic N) is 1. The highest BCUT2D eigenvalue weighted by molar-refractivity contribution is 7.85. The Morgan fingerprint density at radius 2 is 1.68 bits per heavy atom. The van der Waals surface area contributed by atoms with Gasteiger partial charge in [0.05, 0.1) is 17.6 Å². The number of allylic oxidation sites excluding steroid dienone is 1. The quantitative estimate of drug-likeness (QED) is 0.204. The van der Waals surface area contributed by atoms with Gasteiger partial charge in [0.25, 0.3) is 5.52 Å². The zero-order valence-corrected chi connectivity index (χ0v) is 20.6. The molecule has 0 spiro atoms. The van der Waals surface area contributed by atoms with Gasteiger partial charge in [-0.3, -0.25) is 0 Å². The fourth-order valence-electron chi connectivity index (χ4n) is 3.38. The molecule has 0 atom stereocenters. The maximum absolute atomic E-state index is 10.4. The molecule has 6 nitrogen and oxygen atoms in total. The van der Waals surface area contributed by atoms with Gasteiger partial charge < -0.3 is 13.7 Å². The Morgan fingerprint density at radius 1 is 1.00 bits per heavy atom. The van der Waals surface area contributed by atoms with Crippen LogP contribution in [0.2, 0.25) is 0 Å². The van der Waals surface area contributed by atoms with Crippen LogP contribution < -0.4 is 4.57 Å². The number of ether oxygens (including phenoxy) is 1. The fraction of sp³-hybridized carbons (Fsp3) is 0.222. The first-order chi connectivity index (χ1) is 16.2. The van der Waals surface area contributed by atoms with Crippen LogP contribution in [0, 0.1) is 6.92 Å². The van der Waals surface area contributed by atoms with Crippen LogP contribution in [-0.4, -0.2) is 19.6 Å². The van der Waals surface area contributed by atoms with Crippen molar-refractivity contribution in [2.45, 2.75) is 32.1 Å². The number of rotatable bonds is 6. The highest BCUT2D eigenvalue weighted by atomic mass is 32.2. The second-order valence-corrected chi connectivity index (χ2v) is 9.09. The van der Waals surface area contributed by atoms with E-state index in [9.17, 15) is 13.0 Å². The Balaban J connectivity index is 0.000000248. The first-order valence-electron chi connectivity index (χ1n) is 11.1. The molecule has 3 aromatic carbocycles. The summed E-state index contributed by atoms with van der Waals surface area (Å²) >= 11 is 0. The van der Waals surface area contributed by atoms with E-state index in [1.807, 2.05) is 39.1 Å². The second-order valence-electron chi connectivity index (χ2n) is 7.71. The Bertz CT molecular complexity index is 1370. The lowest BCUT2D eigenvalue weighted by atomic mass is 10.1. The Labute approximate surface area is 200 Å². The van der Waals surface area contributed by atoms with E-state index < -0.39 is 10.1 Å². The second kappa shape index (κ2) is 11.1. The molecule has 34 heavy (non-hydrogen) atoms. The smallest absolute Gasteiger partial charge is 0.377 e. The van der Waals surface area contributed by atoms with E-state index in [1.165, 1.54) is 23.3 Å². The van der Waals surface area contributed by atoms with Crippen molar-refractivity contribution < 1.29 is 26.7 Å². The summed E-state index contributed by atoms with van der Waals surface area (Å²) < 4.78 is 44.8. The van der Waals surface area contributed by atoms with Crippen molar-refractivity contribution in [1.29, 1.82) is 0 Å². The maximum atomic E-state index is 10.4. The van der Waals surface area contributed by atoms with Crippen LogP contribution in [0.5, 0.6) is 0 Å². The van der Waals surface area contributed by atoms with Gasteiger partial charge in [-0.1, -0.05) is 61.0 Å². The Hall–Kier alpha value is -3.42. The van der Waals surface area contributed by atoms with Gasteiger partial charge in [-0.15, -0.1) is 0 Å². The van der Waals surface area contributed by atoms with Gasteiger partial charge >= 0.3 is 5.89 Å². The molecule has 178 valence electrons. The number of aromatic nitrogens is 1. The number of oxazole rings is 1. The minimum atomic E-state index is -4.27. The molecule has 7 heteroatoms. The molecule has 0 N–H and O–H groups in total. The van der Waals surface area contributed by atoms with Gasteiger partial charge in [0.2, 0.25) is 5.58 Å². The zero-order valence-electron chi connectivity index (χ0n) is 19.8. The number of benzene rings is 3. The van der Waals surface area contributed by atoms with Crippen molar-refractivity contribution in [1.82, 2.24) is 0 Å². The molecule has 0 aliphatic heterocycles. The lowest BCUT2D eigenvalue weighted by Crippen LogP contribution is -2.29. The van der Waals surface area contributed by atoms with Crippen LogP contribution in [0.4, 0.5) is 0 Å². The van der Waals surface area contributed by atoms with Gasteiger partial charge in [0.1, 0.15) is 22.9 Å². The highest BCUT2D eigenvalue weighted by Crippen LogP contribution is 2.24. The zero-order chi connectivity index (χ0) is 24.7. The molecule has 1 heterocycles. The third kappa shape index (κ3) is 6.34. The summed E-state index contributed by atoms with van der Waals surface area (Å²) in [5, 5.41) is 0. The highest BCUT2D eigenvalue weighted by Gasteiger charge is 2.18. The van der Waals surface area contributed by atoms with E-state index in [1.54, 1.807) is 12.1 Å². The predicted molar refractivity (Wildman–Crippen MR) is 132 cm³/mol. The standard InChI is InChI=1S/C20H22NO2.C7H8O3S/c1-4-17(22-5-2)14-20-21(3)18-13-16(11-12-19(18)23-20)15-9-7-6-8-10-15;1-6-2-4-7(5-3-6)11(8,9)10/h6-14H,4-5H2,1-3H3;2-5H,1H3,(H,8,9,10)/q+1;/p-1/b17-14-;. The third-order valence-electron chi connectivity index (χ3n) is 5.24. The van der Waals surface area contributed by atoms with Crippen molar-refractivity contribution in [3.63, 3.8) is 0 Å². The number of hydrogen-bond acceptors (Lipinski definition) is 5. The molecule has 0 aliphatic carbocycles. The molecule has 0 aliphatic rings. The molecule has 0 saturated heterocycles. The van der Waals surface area contributed by atoms with Gasteiger partial charge in [0, 0.05) is 12.5 Å². The minimum absolute atomic E-state index is 0.178. The van der Waals surface area contributed by atoms with Crippen LogP contribution in [0.1, 0.15) is 31.7 Å². The van der Waals surface area contributed by atoms with Crippen LogP contribution in [0.3, 0.4) is 0 Å². The fourth-order valence-corrected chi connectivity index (χ4v) is 3.85. The van der Waals surface area contributed by atoms with E-state index in [4.69, 9.17) is 9.15 Å². The van der Waals surface area contributed by atoms with Crippen molar-refractivity contribution in [3.05, 3.63) is 90.0 Å². The average Bonchev–Trinajstić information content (AvgIpc) is 3.14. The van der Waals surface area contributed by atoms with Crippen molar-refractivity contribution >= 4 is 27.3 Å². The summed E-state index contributed by atoms with van der Waals surface area (Å²) in [6.07, 6.45) is 2.83. The Kier molecular flexibility index (Phi) is 8.26. The molecule has 0 unspecified atom stereocenters. The normalized spacial score (nSPS) is 11.7. The third-order valence-corrected chi connectivity index (χ3v) is 6.09. The summed E-state index contributed by atoms with van der Waals surface area (Å²) in [5.41, 5.74) is 5.27. The van der Waals surface area contributed by atoms with E-state index in [0.29, 0.717) is 6.61 Å². The first kappa shape index (κ1) is 25.2. The maximum Gasteiger partial charge on any atom is 0.377 e. The molecule has 4 rings (SSSR count). The molecule has 0 bridgehead atoms. The number of hydrogen-bond donors (Lipinski definition) is 0. The van der Waals surface area contributed by atoms with Crippen LogP contribution in [-0.2, 0) is 21.9 Å². The van der Waals surface area contributed by atoms with Crippen LogP contribution >= 0.6 is 0 Å². The monoisotopic (exact) mass is 479 g/mol. The topological polar surface area (TPSA) is 83.5 Å². The molecule has 1 aromatic heterocycles. The summed E-state index contributed by atoms with van der Waals surface area (Å²) in [6.45, 7) is 6.56. The van der Waals surface area contributed by atoms with E-state index in [2.05, 4.69) is 47.9 Å². The molecular weight excluding hydrogens is 450 g/mol. The molecular formula is C27H29NO5S. The molecule has 0 fully saturated rings. The largest absolute Gasteiger partial charge is 0.744 e. The number of aryl methyl sites for hydroxylation is 2. The Morgan fingerprint density at radius 3 is 2.26 bits per heavy atom. The average molecular weight is 480 g/mol. The van der Waals surface area contributed by atoms with Gasteiger partial charge in [-0.2, -0.15) is 4.57 Å². The van der Waals surface area contributed by atoms with Crippen molar-refractivity contribution in [2.24, 2.45) is 7.05 Å². The molecule has 0 radical (unpaired) electrons. The van der Waals surface area contributed by atoms with Crippen molar-refractivity contribution in [3.8, 4) is 11.1 Å². The molecule has 0 saturated carbocycles. The summed E-state index contributed by atoms with van der Waals surface area (Å²) in [4.78, 5) is -0.178. The predicted octanol–water partition coefficient (Wildman–Crippen LogP) is 5.61. The number of fused-ring (bicyclic) bond motifs is 1. The van der Waals surface area contributed by atoms with E-state index in [0.717, 1.165) is 34.7 Å². The lowest BCUT2D eigenvalue weighted by molar-refractivity contribution is -0.652. The molecule has 4 aromatic rings. The van der Waals surface area contributed by atoms with Gasteiger partial charge in [-0.25, -0.2) is 8.42 Å².